The molecule has 1 aromatic carbocycles. The molecule has 1 saturated heterocycles. The van der Waals surface area contributed by atoms with Crippen molar-refractivity contribution < 1.29 is 9.53 Å². The molecule has 1 fully saturated rings. The summed E-state index contributed by atoms with van der Waals surface area (Å²) in [5.74, 6) is 0.868. The SMILES string of the molecule is CCNC(=NCC(C)(C)c1ccccc1C)N1CCC(C(=O)OC)CC1.I. The molecule has 6 heteroatoms. The number of carbonyl (C=O) groups excluding carboxylic acids is 1. The Labute approximate surface area is 181 Å². The molecule has 1 aliphatic rings. The van der Waals surface area contributed by atoms with E-state index in [0.29, 0.717) is 0 Å². The van der Waals surface area contributed by atoms with Gasteiger partial charge in [-0.3, -0.25) is 9.79 Å². The molecule has 152 valence electrons. The van der Waals surface area contributed by atoms with Crippen LogP contribution in [0.15, 0.2) is 29.3 Å². The number of methoxy groups -OCH3 is 1. The highest BCUT2D eigenvalue weighted by molar-refractivity contribution is 14.0. The lowest BCUT2D eigenvalue weighted by molar-refractivity contribution is -0.146. The first-order chi connectivity index (χ1) is 12.4. The van der Waals surface area contributed by atoms with Gasteiger partial charge in [0.05, 0.1) is 19.6 Å². The molecular formula is C21H34IN3O2. The van der Waals surface area contributed by atoms with Crippen LogP contribution in [-0.4, -0.2) is 50.1 Å². The summed E-state index contributed by atoms with van der Waals surface area (Å²) in [6.07, 6.45) is 1.64. The first-order valence-electron chi connectivity index (χ1n) is 9.56. The number of guanidine groups is 1. The molecular weight excluding hydrogens is 453 g/mol. The zero-order valence-corrected chi connectivity index (χ0v) is 19.6. The number of carbonyl (C=O) groups is 1. The molecule has 1 heterocycles. The predicted molar refractivity (Wildman–Crippen MR) is 122 cm³/mol. The number of hydrogen-bond donors (Lipinski definition) is 1. The Kier molecular flexibility index (Phi) is 9.56. The van der Waals surface area contributed by atoms with E-state index in [1.807, 2.05) is 0 Å². The maximum absolute atomic E-state index is 11.7. The number of halogens is 1. The number of aliphatic imine (C=N–C) groups is 1. The maximum atomic E-state index is 11.7. The van der Waals surface area contributed by atoms with Crippen molar-refractivity contribution in [3.63, 3.8) is 0 Å². The third kappa shape index (κ3) is 6.36. The number of likely N-dealkylation sites (tertiary alicyclic amines) is 1. The van der Waals surface area contributed by atoms with E-state index in [4.69, 9.17) is 9.73 Å². The lowest BCUT2D eigenvalue weighted by atomic mass is 9.82. The lowest BCUT2D eigenvalue weighted by Gasteiger charge is -2.34. The Balaban J connectivity index is 0.00000364. The molecule has 0 bridgehead atoms. The van der Waals surface area contributed by atoms with Gasteiger partial charge in [-0.15, -0.1) is 24.0 Å². The summed E-state index contributed by atoms with van der Waals surface area (Å²) in [5, 5.41) is 3.41. The highest BCUT2D eigenvalue weighted by atomic mass is 127. The zero-order chi connectivity index (χ0) is 19.2. The van der Waals surface area contributed by atoms with Crippen molar-refractivity contribution in [3.05, 3.63) is 35.4 Å². The van der Waals surface area contributed by atoms with Gasteiger partial charge < -0.3 is 15.0 Å². The van der Waals surface area contributed by atoms with E-state index in [1.165, 1.54) is 18.2 Å². The first kappa shape index (κ1) is 23.7. The van der Waals surface area contributed by atoms with Crippen LogP contribution in [0.1, 0.15) is 44.7 Å². The quantitative estimate of drug-likeness (QED) is 0.298. The van der Waals surface area contributed by atoms with E-state index in [2.05, 4.69) is 62.2 Å². The zero-order valence-electron chi connectivity index (χ0n) is 17.2. The molecule has 0 amide bonds. The summed E-state index contributed by atoms with van der Waals surface area (Å²) in [7, 11) is 1.47. The van der Waals surface area contributed by atoms with Gasteiger partial charge >= 0.3 is 5.97 Å². The molecule has 2 rings (SSSR count). The summed E-state index contributed by atoms with van der Waals surface area (Å²) in [6.45, 7) is 11.9. The number of piperidine rings is 1. The van der Waals surface area contributed by atoms with Crippen LogP contribution >= 0.6 is 24.0 Å². The number of benzene rings is 1. The van der Waals surface area contributed by atoms with E-state index in [9.17, 15) is 4.79 Å². The van der Waals surface area contributed by atoms with E-state index in [1.54, 1.807) is 0 Å². The average Bonchev–Trinajstić information content (AvgIpc) is 2.65. The standard InChI is InChI=1S/C21H33N3O2.HI/c1-6-22-20(24-13-11-17(12-14-24)19(25)26-5)23-15-21(3,4)18-10-8-7-9-16(18)2;/h7-10,17H,6,11-15H2,1-5H3,(H,22,23);1H. The van der Waals surface area contributed by atoms with Crippen molar-refractivity contribution in [2.24, 2.45) is 10.9 Å². The van der Waals surface area contributed by atoms with E-state index >= 15 is 0 Å². The minimum absolute atomic E-state index is 0. The predicted octanol–water partition coefficient (Wildman–Crippen LogP) is 3.74. The number of nitrogens with zero attached hydrogens (tertiary/aromatic N) is 2. The number of nitrogens with one attached hydrogen (secondary N) is 1. The van der Waals surface area contributed by atoms with Gasteiger partial charge in [-0.1, -0.05) is 38.1 Å². The second kappa shape index (κ2) is 10.9. The van der Waals surface area contributed by atoms with Crippen LogP contribution < -0.4 is 5.32 Å². The van der Waals surface area contributed by atoms with Gasteiger partial charge in [0.15, 0.2) is 5.96 Å². The van der Waals surface area contributed by atoms with Gasteiger partial charge in [0.25, 0.3) is 0 Å². The van der Waals surface area contributed by atoms with Crippen molar-refractivity contribution >= 4 is 35.9 Å². The molecule has 1 aromatic rings. The second-order valence-electron chi connectivity index (χ2n) is 7.65. The molecule has 27 heavy (non-hydrogen) atoms. The van der Waals surface area contributed by atoms with Crippen LogP contribution in [0.3, 0.4) is 0 Å². The van der Waals surface area contributed by atoms with Crippen molar-refractivity contribution in [1.82, 2.24) is 10.2 Å². The van der Waals surface area contributed by atoms with E-state index in [0.717, 1.165) is 45.0 Å². The fraction of sp³-hybridized carbons (Fsp3) is 0.619. The van der Waals surface area contributed by atoms with Crippen molar-refractivity contribution in [1.29, 1.82) is 0 Å². The minimum atomic E-state index is -0.0905. The highest BCUT2D eigenvalue weighted by Crippen LogP contribution is 2.27. The molecule has 0 saturated carbocycles. The summed E-state index contributed by atoms with van der Waals surface area (Å²) in [4.78, 5) is 18.9. The molecule has 0 aliphatic carbocycles. The molecule has 5 nitrogen and oxygen atoms in total. The van der Waals surface area contributed by atoms with Gasteiger partial charge in [0, 0.05) is 25.0 Å². The number of rotatable bonds is 5. The van der Waals surface area contributed by atoms with Crippen molar-refractivity contribution in [2.75, 3.05) is 33.3 Å². The van der Waals surface area contributed by atoms with Gasteiger partial charge in [-0.05, 0) is 37.8 Å². The molecule has 0 atom stereocenters. The molecule has 0 spiro atoms. The van der Waals surface area contributed by atoms with Gasteiger partial charge in [0.2, 0.25) is 0 Å². The van der Waals surface area contributed by atoms with Gasteiger partial charge in [-0.25, -0.2) is 0 Å². The smallest absolute Gasteiger partial charge is 0.308 e. The van der Waals surface area contributed by atoms with E-state index < -0.39 is 0 Å². The van der Waals surface area contributed by atoms with Crippen LogP contribution in [0.2, 0.25) is 0 Å². The first-order valence-corrected chi connectivity index (χ1v) is 9.56. The highest BCUT2D eigenvalue weighted by Gasteiger charge is 2.28. The molecule has 1 aliphatic heterocycles. The minimum Gasteiger partial charge on any atom is -0.469 e. The number of esters is 1. The third-order valence-electron chi connectivity index (χ3n) is 5.16. The molecule has 0 unspecified atom stereocenters. The summed E-state index contributed by atoms with van der Waals surface area (Å²) in [6, 6.07) is 8.52. The normalized spacial score (nSPS) is 15.9. The lowest BCUT2D eigenvalue weighted by Crippen LogP contribution is -2.47. The van der Waals surface area contributed by atoms with Crippen molar-refractivity contribution in [3.8, 4) is 0 Å². The Morgan fingerprint density at radius 1 is 1.30 bits per heavy atom. The Morgan fingerprint density at radius 2 is 1.93 bits per heavy atom. The Bertz CT molecular complexity index is 638. The van der Waals surface area contributed by atoms with Gasteiger partial charge in [-0.2, -0.15) is 0 Å². The number of aryl methyl sites for hydroxylation is 1. The van der Waals surface area contributed by atoms with Gasteiger partial charge in [0.1, 0.15) is 0 Å². The van der Waals surface area contributed by atoms with Crippen LogP contribution in [-0.2, 0) is 14.9 Å². The van der Waals surface area contributed by atoms with E-state index in [-0.39, 0.29) is 41.3 Å². The van der Waals surface area contributed by atoms with Crippen LogP contribution in [0.25, 0.3) is 0 Å². The van der Waals surface area contributed by atoms with Crippen LogP contribution in [0.4, 0.5) is 0 Å². The molecule has 1 N–H and O–H groups in total. The fourth-order valence-corrected chi connectivity index (χ4v) is 3.61. The fourth-order valence-electron chi connectivity index (χ4n) is 3.61. The second-order valence-corrected chi connectivity index (χ2v) is 7.65. The summed E-state index contributed by atoms with van der Waals surface area (Å²) < 4.78 is 4.88. The average molecular weight is 487 g/mol. The van der Waals surface area contributed by atoms with Crippen LogP contribution in [0.5, 0.6) is 0 Å². The summed E-state index contributed by atoms with van der Waals surface area (Å²) >= 11 is 0. The monoisotopic (exact) mass is 487 g/mol. The largest absolute Gasteiger partial charge is 0.469 e. The maximum Gasteiger partial charge on any atom is 0.308 e. The molecule has 0 aromatic heterocycles. The third-order valence-corrected chi connectivity index (χ3v) is 5.16. The number of ether oxygens (including phenoxy) is 1. The Hall–Kier alpha value is -1.31. The Morgan fingerprint density at radius 3 is 2.48 bits per heavy atom. The number of hydrogen-bond acceptors (Lipinski definition) is 3. The van der Waals surface area contributed by atoms with Crippen molar-refractivity contribution in [2.45, 2.75) is 46.0 Å². The summed E-state index contributed by atoms with van der Waals surface area (Å²) in [5.41, 5.74) is 2.61. The van der Waals surface area contributed by atoms with Crippen LogP contribution in [0, 0.1) is 12.8 Å². The molecule has 0 radical (unpaired) electrons. The topological polar surface area (TPSA) is 53.9 Å².